The third kappa shape index (κ3) is 5.06. The molecule has 4 rings (SSSR count). The first-order valence-corrected chi connectivity index (χ1v) is 11.9. The topological polar surface area (TPSA) is 64.0 Å². The second-order valence-corrected chi connectivity index (χ2v) is 9.58. The molecule has 2 aromatic carbocycles. The normalized spacial score (nSPS) is 11.2. The Labute approximate surface area is 189 Å². The standard InChI is InChI=1S/C24H23N3O2S2/c1-16(2)14-27-23(29)19-13-20(17-9-5-3-6-10-17)31-22(19)26-24(27)30-15-21(28)25-18-11-7-4-8-12-18/h3-13,16H,14-15H2,1-2H3,(H,25,28). The molecule has 0 saturated carbocycles. The summed E-state index contributed by atoms with van der Waals surface area (Å²) in [5, 5.41) is 4.08. The summed E-state index contributed by atoms with van der Waals surface area (Å²) in [5.74, 6) is 0.335. The van der Waals surface area contributed by atoms with Gasteiger partial charge in [0.15, 0.2) is 5.16 Å². The number of aromatic nitrogens is 2. The molecule has 0 aliphatic rings. The Kier molecular flexibility index (Phi) is 6.53. The van der Waals surface area contributed by atoms with Gasteiger partial charge in [-0.25, -0.2) is 4.98 Å². The molecule has 0 atom stereocenters. The van der Waals surface area contributed by atoms with Crippen LogP contribution in [0, 0.1) is 5.92 Å². The van der Waals surface area contributed by atoms with Crippen LogP contribution in [0.3, 0.4) is 0 Å². The van der Waals surface area contributed by atoms with Gasteiger partial charge in [-0.3, -0.25) is 14.2 Å². The number of carbonyl (C=O) groups is 1. The molecular formula is C24H23N3O2S2. The Morgan fingerprint density at radius 3 is 2.45 bits per heavy atom. The average Bonchev–Trinajstić information content (AvgIpc) is 3.20. The van der Waals surface area contributed by atoms with Crippen LogP contribution in [0.25, 0.3) is 20.7 Å². The van der Waals surface area contributed by atoms with Crippen LogP contribution in [0.15, 0.2) is 76.7 Å². The summed E-state index contributed by atoms with van der Waals surface area (Å²) in [6.45, 7) is 4.69. The molecule has 0 radical (unpaired) electrons. The van der Waals surface area contributed by atoms with Gasteiger partial charge < -0.3 is 5.32 Å². The number of nitrogens with zero attached hydrogens (tertiary/aromatic N) is 2. The number of hydrogen-bond acceptors (Lipinski definition) is 5. The van der Waals surface area contributed by atoms with Gasteiger partial charge in [0.05, 0.1) is 11.1 Å². The van der Waals surface area contributed by atoms with E-state index in [1.807, 2.05) is 66.7 Å². The highest BCUT2D eigenvalue weighted by molar-refractivity contribution is 7.99. The van der Waals surface area contributed by atoms with E-state index in [1.165, 1.54) is 23.1 Å². The molecular weight excluding hydrogens is 426 g/mol. The average molecular weight is 450 g/mol. The fourth-order valence-electron chi connectivity index (χ4n) is 3.23. The largest absolute Gasteiger partial charge is 0.325 e. The Hall–Kier alpha value is -2.90. The molecule has 31 heavy (non-hydrogen) atoms. The molecule has 2 aromatic heterocycles. The Balaban J connectivity index is 1.64. The monoisotopic (exact) mass is 449 g/mol. The van der Waals surface area contributed by atoms with Gasteiger partial charge in [0, 0.05) is 17.1 Å². The number of nitrogens with one attached hydrogen (secondary N) is 1. The molecule has 1 amide bonds. The number of thiophene rings is 1. The summed E-state index contributed by atoms with van der Waals surface area (Å²) in [7, 11) is 0. The number of anilines is 1. The van der Waals surface area contributed by atoms with Gasteiger partial charge in [-0.1, -0.05) is 74.1 Å². The second-order valence-electron chi connectivity index (χ2n) is 7.60. The van der Waals surface area contributed by atoms with E-state index in [4.69, 9.17) is 4.98 Å². The highest BCUT2D eigenvalue weighted by atomic mass is 32.2. The molecule has 0 aliphatic carbocycles. The van der Waals surface area contributed by atoms with Crippen molar-refractivity contribution in [2.24, 2.45) is 5.92 Å². The van der Waals surface area contributed by atoms with Crippen molar-refractivity contribution in [2.75, 3.05) is 11.1 Å². The van der Waals surface area contributed by atoms with E-state index in [-0.39, 0.29) is 23.1 Å². The number of para-hydroxylation sites is 1. The first-order chi connectivity index (χ1) is 15.0. The minimum Gasteiger partial charge on any atom is -0.325 e. The highest BCUT2D eigenvalue weighted by Gasteiger charge is 2.17. The van der Waals surface area contributed by atoms with E-state index < -0.39 is 0 Å². The molecule has 0 saturated heterocycles. The molecule has 2 heterocycles. The van der Waals surface area contributed by atoms with E-state index in [0.29, 0.717) is 21.9 Å². The van der Waals surface area contributed by atoms with E-state index >= 15 is 0 Å². The summed E-state index contributed by atoms with van der Waals surface area (Å²) in [5.41, 5.74) is 1.77. The van der Waals surface area contributed by atoms with Gasteiger partial charge >= 0.3 is 0 Å². The third-order valence-corrected chi connectivity index (χ3v) is 6.67. The van der Waals surface area contributed by atoms with Crippen LogP contribution in [-0.4, -0.2) is 21.2 Å². The number of benzene rings is 2. The molecule has 7 heteroatoms. The van der Waals surface area contributed by atoms with Gasteiger partial charge in [-0.2, -0.15) is 0 Å². The van der Waals surface area contributed by atoms with Crippen molar-refractivity contribution in [1.82, 2.24) is 9.55 Å². The fourth-order valence-corrected chi connectivity index (χ4v) is 5.11. The summed E-state index contributed by atoms with van der Waals surface area (Å²) in [4.78, 5) is 32.2. The number of thioether (sulfide) groups is 1. The van der Waals surface area contributed by atoms with Gasteiger partial charge in [-0.15, -0.1) is 11.3 Å². The maximum atomic E-state index is 13.3. The van der Waals surface area contributed by atoms with E-state index in [1.54, 1.807) is 4.57 Å². The van der Waals surface area contributed by atoms with Crippen LogP contribution in [0.5, 0.6) is 0 Å². The zero-order chi connectivity index (χ0) is 21.8. The van der Waals surface area contributed by atoms with E-state index in [9.17, 15) is 9.59 Å². The first kappa shape index (κ1) is 21.3. The van der Waals surface area contributed by atoms with Crippen molar-refractivity contribution in [1.29, 1.82) is 0 Å². The van der Waals surface area contributed by atoms with Crippen LogP contribution < -0.4 is 10.9 Å². The molecule has 0 bridgehead atoms. The maximum absolute atomic E-state index is 13.3. The number of rotatable bonds is 7. The van der Waals surface area contributed by atoms with Crippen LogP contribution in [0.1, 0.15) is 13.8 Å². The lowest BCUT2D eigenvalue weighted by molar-refractivity contribution is -0.113. The third-order valence-electron chi connectivity index (χ3n) is 4.61. The minimum atomic E-state index is -0.127. The van der Waals surface area contributed by atoms with Crippen LogP contribution in [-0.2, 0) is 11.3 Å². The Morgan fingerprint density at radius 2 is 1.77 bits per heavy atom. The van der Waals surface area contributed by atoms with E-state index in [2.05, 4.69) is 19.2 Å². The second kappa shape index (κ2) is 9.49. The lowest BCUT2D eigenvalue weighted by Gasteiger charge is -2.13. The molecule has 4 aromatic rings. The predicted molar refractivity (Wildman–Crippen MR) is 130 cm³/mol. The summed E-state index contributed by atoms with van der Waals surface area (Å²) in [6.07, 6.45) is 0. The predicted octanol–water partition coefficient (Wildman–Crippen LogP) is 5.51. The molecule has 1 N–H and O–H groups in total. The van der Waals surface area contributed by atoms with Crippen LogP contribution in [0.2, 0.25) is 0 Å². The zero-order valence-electron chi connectivity index (χ0n) is 17.4. The van der Waals surface area contributed by atoms with Crippen molar-refractivity contribution in [3.63, 3.8) is 0 Å². The Bertz CT molecular complexity index is 1250. The van der Waals surface area contributed by atoms with Crippen molar-refractivity contribution < 1.29 is 4.79 Å². The number of fused-ring (bicyclic) bond motifs is 1. The number of amides is 1. The molecule has 0 fully saturated rings. The smallest absolute Gasteiger partial charge is 0.262 e. The molecule has 0 spiro atoms. The summed E-state index contributed by atoms with van der Waals surface area (Å²) < 4.78 is 1.70. The van der Waals surface area contributed by atoms with Crippen LogP contribution in [0.4, 0.5) is 5.69 Å². The zero-order valence-corrected chi connectivity index (χ0v) is 19.0. The minimum absolute atomic E-state index is 0.0527. The Morgan fingerprint density at radius 1 is 1.10 bits per heavy atom. The molecule has 0 unspecified atom stereocenters. The van der Waals surface area contributed by atoms with Crippen molar-refractivity contribution in [2.45, 2.75) is 25.5 Å². The van der Waals surface area contributed by atoms with Gasteiger partial charge in [0.2, 0.25) is 5.91 Å². The lowest BCUT2D eigenvalue weighted by Crippen LogP contribution is -2.25. The molecule has 158 valence electrons. The van der Waals surface area contributed by atoms with Crippen molar-refractivity contribution in [3.05, 3.63) is 77.1 Å². The van der Waals surface area contributed by atoms with Gasteiger partial charge in [0.25, 0.3) is 5.56 Å². The fraction of sp³-hybridized carbons (Fsp3) is 0.208. The SMILES string of the molecule is CC(C)Cn1c(SCC(=O)Nc2ccccc2)nc2sc(-c3ccccc3)cc2c1=O. The van der Waals surface area contributed by atoms with E-state index in [0.717, 1.165) is 16.1 Å². The molecule has 0 aliphatic heterocycles. The maximum Gasteiger partial charge on any atom is 0.262 e. The van der Waals surface area contributed by atoms with Gasteiger partial charge in [-0.05, 0) is 29.7 Å². The number of carbonyl (C=O) groups excluding carboxylic acids is 1. The number of hydrogen-bond donors (Lipinski definition) is 1. The molecule has 5 nitrogen and oxygen atoms in total. The summed E-state index contributed by atoms with van der Waals surface area (Å²) >= 11 is 2.80. The summed E-state index contributed by atoms with van der Waals surface area (Å²) in [6, 6.07) is 21.3. The van der Waals surface area contributed by atoms with Crippen molar-refractivity contribution >= 4 is 44.9 Å². The van der Waals surface area contributed by atoms with Gasteiger partial charge in [0.1, 0.15) is 4.83 Å². The highest BCUT2D eigenvalue weighted by Crippen LogP contribution is 2.32. The van der Waals surface area contributed by atoms with Crippen LogP contribution >= 0.6 is 23.1 Å². The lowest BCUT2D eigenvalue weighted by atomic mass is 10.2. The van der Waals surface area contributed by atoms with Crippen molar-refractivity contribution in [3.8, 4) is 10.4 Å². The first-order valence-electron chi connectivity index (χ1n) is 10.1. The quantitative estimate of drug-likeness (QED) is 0.298.